The van der Waals surface area contributed by atoms with Crippen LogP contribution >= 0.6 is 0 Å². The molecule has 0 radical (unpaired) electrons. The quantitative estimate of drug-likeness (QED) is 0.292. The highest BCUT2D eigenvalue weighted by Crippen LogP contribution is 2.80. The van der Waals surface area contributed by atoms with Gasteiger partial charge in [-0.3, -0.25) is 14.5 Å². The normalized spacial score (nSPS) is 48.0. The Morgan fingerprint density at radius 2 is 1.80 bits per heavy atom. The number of esters is 1. The number of likely N-dealkylation sites (N-methyl/N-ethyl adjacent to an activating group) is 1. The molecule has 12 heteroatoms. The number of methoxy groups -OCH3 is 4. The Bertz CT molecular complexity index is 1560. The van der Waals surface area contributed by atoms with Crippen molar-refractivity contribution in [2.45, 2.75) is 87.6 Å². The molecule has 1 aromatic carbocycles. The zero-order valence-corrected chi connectivity index (χ0v) is 29.3. The van der Waals surface area contributed by atoms with Crippen molar-refractivity contribution in [1.29, 1.82) is 0 Å². The lowest BCUT2D eigenvalue weighted by atomic mass is 9.42. The maximum Gasteiger partial charge on any atom is 0.340 e. The highest BCUT2D eigenvalue weighted by Gasteiger charge is 2.91. The van der Waals surface area contributed by atoms with Gasteiger partial charge in [0, 0.05) is 82.3 Å². The predicted octanol–water partition coefficient (Wildman–Crippen LogP) is 2.04. The second kappa shape index (κ2) is 11.3. The summed E-state index contributed by atoms with van der Waals surface area (Å²) in [6.07, 6.45) is 0.813. The van der Waals surface area contributed by atoms with Crippen LogP contribution < -0.4 is 4.90 Å². The van der Waals surface area contributed by atoms with Gasteiger partial charge < -0.3 is 33.9 Å². The number of hydrogen-bond acceptors (Lipinski definition) is 11. The zero-order chi connectivity index (χ0) is 34.8. The molecule has 7 aliphatic rings. The minimum absolute atomic E-state index is 0.0358. The van der Waals surface area contributed by atoms with Crippen LogP contribution in [-0.4, -0.2) is 123 Å². The van der Waals surface area contributed by atoms with Crippen molar-refractivity contribution in [2.75, 3.05) is 53.0 Å². The van der Waals surface area contributed by atoms with Crippen LogP contribution in [0.2, 0.25) is 0 Å². The molecule has 7 fully saturated rings. The predicted molar refractivity (Wildman–Crippen MR) is 174 cm³/mol. The van der Waals surface area contributed by atoms with Crippen molar-refractivity contribution >= 4 is 23.5 Å². The van der Waals surface area contributed by atoms with Crippen LogP contribution in [0.25, 0.3) is 0 Å². The average Bonchev–Trinajstić information content (AvgIpc) is 3.63. The fourth-order valence-electron chi connectivity index (χ4n) is 13.2. The van der Waals surface area contributed by atoms with Crippen molar-refractivity contribution < 1.29 is 48.3 Å². The number of amides is 2. The molecule has 2 saturated heterocycles. The Balaban J connectivity index is 1.23. The highest BCUT2D eigenvalue weighted by molar-refractivity contribution is 6.22. The molecular formula is C37H50N2O10. The lowest BCUT2D eigenvalue weighted by Crippen LogP contribution is -2.82. The number of anilines is 1. The summed E-state index contributed by atoms with van der Waals surface area (Å²) < 4.78 is 31.4. The van der Waals surface area contributed by atoms with Crippen molar-refractivity contribution in [3.05, 3.63) is 29.8 Å². The Kier molecular flexibility index (Phi) is 7.75. The topological polar surface area (TPSA) is 144 Å². The van der Waals surface area contributed by atoms with Crippen LogP contribution in [0.15, 0.2) is 24.3 Å². The van der Waals surface area contributed by atoms with Gasteiger partial charge in [0.25, 0.3) is 0 Å². The number of ether oxygens (including phenoxy) is 5. The van der Waals surface area contributed by atoms with E-state index in [-0.39, 0.29) is 84.5 Å². The summed E-state index contributed by atoms with van der Waals surface area (Å²) in [6, 6.07) is 6.12. The van der Waals surface area contributed by atoms with Crippen LogP contribution in [0, 0.1) is 40.4 Å². The molecule has 2 heterocycles. The first-order chi connectivity index (χ1) is 23.4. The third kappa shape index (κ3) is 3.86. The van der Waals surface area contributed by atoms with Gasteiger partial charge in [-0.25, -0.2) is 9.69 Å². The Labute approximate surface area is 287 Å². The van der Waals surface area contributed by atoms with Gasteiger partial charge >= 0.3 is 5.97 Å². The number of rotatable bonds is 9. The number of carbonyl (C=O) groups is 3. The second-order valence-electron chi connectivity index (χ2n) is 16.0. The average molecular weight is 683 g/mol. The first-order valence-electron chi connectivity index (χ1n) is 17.9. The molecule has 2 amide bonds. The zero-order valence-electron chi connectivity index (χ0n) is 29.3. The van der Waals surface area contributed by atoms with E-state index in [1.165, 1.54) is 0 Å². The number of piperidine rings is 1. The fourth-order valence-corrected chi connectivity index (χ4v) is 13.2. The van der Waals surface area contributed by atoms with Crippen LogP contribution in [-0.2, 0) is 33.3 Å². The largest absolute Gasteiger partial charge is 0.461 e. The maximum absolute atomic E-state index is 14.1. The van der Waals surface area contributed by atoms with Gasteiger partial charge in [-0.2, -0.15) is 0 Å². The number of aliphatic hydroxyl groups is 2. The molecule has 1 aromatic rings. The molecule has 5 saturated carbocycles. The Morgan fingerprint density at radius 3 is 2.43 bits per heavy atom. The van der Waals surface area contributed by atoms with Crippen LogP contribution in [0.3, 0.4) is 0 Å². The van der Waals surface area contributed by atoms with Crippen molar-refractivity contribution in [1.82, 2.24) is 4.90 Å². The van der Waals surface area contributed by atoms with Crippen molar-refractivity contribution in [2.24, 2.45) is 40.4 Å². The van der Waals surface area contributed by atoms with Crippen LogP contribution in [0.1, 0.15) is 56.3 Å². The molecule has 5 aliphatic carbocycles. The number of likely N-dealkylation sites (tertiary alicyclic amines) is 1. The monoisotopic (exact) mass is 682 g/mol. The van der Waals surface area contributed by atoms with E-state index in [0.29, 0.717) is 25.9 Å². The second-order valence-corrected chi connectivity index (χ2v) is 16.0. The van der Waals surface area contributed by atoms with Gasteiger partial charge in [-0.05, 0) is 43.9 Å². The van der Waals surface area contributed by atoms with Gasteiger partial charge in [-0.15, -0.1) is 0 Å². The molecule has 0 unspecified atom stereocenters. The van der Waals surface area contributed by atoms with E-state index in [0.717, 1.165) is 11.3 Å². The summed E-state index contributed by atoms with van der Waals surface area (Å²) in [5.41, 5.74) is -4.17. The van der Waals surface area contributed by atoms with Gasteiger partial charge in [0.05, 0.1) is 48.3 Å². The van der Waals surface area contributed by atoms with Gasteiger partial charge in [0.1, 0.15) is 11.2 Å². The van der Waals surface area contributed by atoms with Crippen molar-refractivity contribution in [3.8, 4) is 0 Å². The number of benzene rings is 1. The molecule has 1 spiro atoms. The number of imide groups is 1. The molecule has 0 aromatic heterocycles. The molecule has 2 aliphatic heterocycles. The molecule has 49 heavy (non-hydrogen) atoms. The molecular weight excluding hydrogens is 632 g/mol. The number of hydrogen-bond donors (Lipinski definition) is 2. The first-order valence-corrected chi connectivity index (χ1v) is 17.9. The molecule has 7 bridgehead atoms. The molecule has 8 rings (SSSR count). The summed E-state index contributed by atoms with van der Waals surface area (Å²) in [5, 5.41) is 26.6. The number of fused-ring (bicyclic) bond motifs is 2. The fraction of sp³-hybridized carbons (Fsp3) is 0.757. The standard InChI is InChI=1S/C37H50N2O10/c1-7-38-17-34(18-49-32(42)20-10-8-9-11-23(20)39-26(40)14-19(2)31(39)41)13-12-25(46-4)36-22-15-21-24(45-3)16-35(43,27(22)28(21)47-5)37(44,33(36)38)30(48-6)29(34)36/h8-11,19,21-22,24-25,27-30,33,43-44H,7,12-18H2,1-6H3/t19-,21-,22+,24-,25-,27+,28-,29+,30-,33-,34-,35+,36-,37+/m0/s1. The third-order valence-electron chi connectivity index (χ3n) is 14.5. The number of nitrogens with zero attached hydrogens (tertiary/aromatic N) is 2. The smallest absolute Gasteiger partial charge is 0.340 e. The summed E-state index contributed by atoms with van der Waals surface area (Å²) in [4.78, 5) is 43.3. The van der Waals surface area contributed by atoms with Gasteiger partial charge in [0.2, 0.25) is 11.8 Å². The summed E-state index contributed by atoms with van der Waals surface area (Å²) in [6.45, 7) is 4.95. The summed E-state index contributed by atoms with van der Waals surface area (Å²) >= 11 is 0. The van der Waals surface area contributed by atoms with E-state index in [4.69, 9.17) is 23.7 Å². The van der Waals surface area contributed by atoms with Gasteiger partial charge in [0.15, 0.2) is 0 Å². The number of carbonyl (C=O) groups excluding carboxylic acids is 3. The Hall–Kier alpha value is -2.45. The molecule has 14 atom stereocenters. The number of para-hydroxylation sites is 1. The van der Waals surface area contributed by atoms with E-state index in [1.807, 2.05) is 0 Å². The molecule has 12 nitrogen and oxygen atoms in total. The van der Waals surface area contributed by atoms with Crippen LogP contribution in [0.4, 0.5) is 5.69 Å². The third-order valence-corrected chi connectivity index (χ3v) is 14.5. The van der Waals surface area contributed by atoms with E-state index < -0.39 is 46.1 Å². The van der Waals surface area contributed by atoms with E-state index >= 15 is 0 Å². The van der Waals surface area contributed by atoms with Crippen molar-refractivity contribution in [3.63, 3.8) is 0 Å². The highest BCUT2D eigenvalue weighted by atomic mass is 16.5. The minimum Gasteiger partial charge on any atom is -0.461 e. The Morgan fingerprint density at radius 1 is 1.04 bits per heavy atom. The van der Waals surface area contributed by atoms with E-state index in [2.05, 4.69) is 11.8 Å². The lowest BCUT2D eigenvalue weighted by molar-refractivity contribution is -0.320. The first kappa shape index (κ1) is 33.7. The SMILES string of the molecule is CCN1C[C@]2(COC(=O)c3ccccc3N3C(=O)C[C@H](C)C3=O)CC[C@H](OC)[C@@]34[C@@H]5C[C@@H]6[C@H](OC)[C@@H]5[C@](O)(C[C@@H]6OC)[C@@](O)([C@@H](OC)[C@H]23)[C@@H]14. The van der Waals surface area contributed by atoms with E-state index in [9.17, 15) is 24.6 Å². The minimum atomic E-state index is -1.70. The summed E-state index contributed by atoms with van der Waals surface area (Å²) in [5.74, 6) is -2.47. The van der Waals surface area contributed by atoms with Gasteiger partial charge in [-0.1, -0.05) is 26.0 Å². The summed E-state index contributed by atoms with van der Waals surface area (Å²) in [7, 11) is 6.70. The lowest BCUT2D eigenvalue weighted by Gasteiger charge is -2.70. The molecule has 268 valence electrons. The molecule has 2 N–H and O–H groups in total. The van der Waals surface area contributed by atoms with Crippen LogP contribution in [0.5, 0.6) is 0 Å². The maximum atomic E-state index is 14.1. The van der Waals surface area contributed by atoms with E-state index in [1.54, 1.807) is 59.6 Å².